The molecule has 0 saturated carbocycles. The Kier molecular flexibility index (Phi) is 9.23. The van der Waals surface area contributed by atoms with Gasteiger partial charge in [0, 0.05) is 12.1 Å². The minimum Gasteiger partial charge on any atom is -0.493 e. The van der Waals surface area contributed by atoms with Crippen LogP contribution in [0.3, 0.4) is 0 Å². The molecule has 186 valence electrons. The van der Waals surface area contributed by atoms with Crippen LogP contribution in [0.5, 0.6) is 23.0 Å². The number of ether oxygens (including phenoxy) is 4. The average Bonchev–Trinajstić information content (AvgIpc) is 2.94. The number of para-hydroxylation sites is 1. The Hall–Kier alpha value is -3.96. The Morgan fingerprint density at radius 1 is 0.583 bits per heavy atom. The van der Waals surface area contributed by atoms with E-state index in [2.05, 4.69) is 29.6 Å². The van der Waals surface area contributed by atoms with E-state index in [1.54, 1.807) is 14.2 Å². The average molecular weight is 484 g/mol. The van der Waals surface area contributed by atoms with Gasteiger partial charge in [-0.1, -0.05) is 78.9 Å². The van der Waals surface area contributed by atoms with Gasteiger partial charge in [0.25, 0.3) is 0 Å². The predicted octanol–water partition coefficient (Wildman–Crippen LogP) is 6.19. The highest BCUT2D eigenvalue weighted by molar-refractivity contribution is 5.47. The molecular weight excluding hydrogens is 450 g/mol. The maximum atomic E-state index is 6.04. The van der Waals surface area contributed by atoms with Gasteiger partial charge >= 0.3 is 0 Å². The van der Waals surface area contributed by atoms with Crippen LogP contribution in [0.25, 0.3) is 0 Å². The van der Waals surface area contributed by atoms with E-state index in [4.69, 9.17) is 18.9 Å². The Bertz CT molecular complexity index is 1210. The van der Waals surface area contributed by atoms with E-state index in [0.717, 1.165) is 52.7 Å². The molecule has 0 spiro atoms. The number of methoxy groups -OCH3 is 2. The van der Waals surface area contributed by atoms with Gasteiger partial charge in [0.15, 0.2) is 23.0 Å². The molecule has 4 aromatic carbocycles. The van der Waals surface area contributed by atoms with Crippen molar-refractivity contribution in [1.29, 1.82) is 0 Å². The van der Waals surface area contributed by atoms with Gasteiger partial charge < -0.3 is 24.3 Å². The van der Waals surface area contributed by atoms with Crippen molar-refractivity contribution >= 4 is 0 Å². The number of hydrogen-bond donors (Lipinski definition) is 1. The van der Waals surface area contributed by atoms with Gasteiger partial charge in [-0.15, -0.1) is 0 Å². The molecule has 0 aliphatic carbocycles. The summed E-state index contributed by atoms with van der Waals surface area (Å²) < 4.78 is 23.3. The molecule has 0 aliphatic heterocycles. The molecule has 1 N–H and O–H groups in total. The van der Waals surface area contributed by atoms with Crippen LogP contribution in [-0.4, -0.2) is 20.8 Å². The Labute approximate surface area is 213 Å². The molecule has 5 heteroatoms. The minimum atomic E-state index is 0.501. The lowest BCUT2D eigenvalue weighted by Crippen LogP contribution is -2.17. The first-order chi connectivity index (χ1) is 17.8. The van der Waals surface area contributed by atoms with E-state index >= 15 is 0 Å². The summed E-state index contributed by atoms with van der Waals surface area (Å²) in [6, 6.07) is 32.3. The van der Waals surface area contributed by atoms with Crippen molar-refractivity contribution in [2.75, 3.05) is 20.8 Å². The predicted molar refractivity (Wildman–Crippen MR) is 143 cm³/mol. The van der Waals surface area contributed by atoms with E-state index in [1.165, 1.54) is 5.56 Å². The van der Waals surface area contributed by atoms with Crippen molar-refractivity contribution in [3.05, 3.63) is 119 Å². The monoisotopic (exact) mass is 483 g/mol. The first-order valence-electron chi connectivity index (χ1n) is 12.1. The molecule has 5 nitrogen and oxygen atoms in total. The van der Waals surface area contributed by atoms with Crippen LogP contribution in [0.1, 0.15) is 22.3 Å². The molecule has 0 radical (unpaired) electrons. The topological polar surface area (TPSA) is 49.0 Å². The van der Waals surface area contributed by atoms with E-state index in [-0.39, 0.29) is 0 Å². The van der Waals surface area contributed by atoms with Crippen molar-refractivity contribution in [3.8, 4) is 23.0 Å². The second-order valence-electron chi connectivity index (χ2n) is 8.41. The highest BCUT2D eigenvalue weighted by Crippen LogP contribution is 2.32. The van der Waals surface area contributed by atoms with Crippen LogP contribution in [0.2, 0.25) is 0 Å². The van der Waals surface area contributed by atoms with Crippen LogP contribution >= 0.6 is 0 Å². The van der Waals surface area contributed by atoms with E-state index in [0.29, 0.717) is 19.8 Å². The number of benzene rings is 4. The van der Waals surface area contributed by atoms with Crippen molar-refractivity contribution in [3.63, 3.8) is 0 Å². The highest BCUT2D eigenvalue weighted by atomic mass is 16.5. The standard InChI is InChI=1S/C31H33NO4/c1-33-30-20-24(16-17-28(30)35-22-25-10-5-3-6-11-25)18-19-32-21-27-14-9-15-29(31(27)34-2)36-23-26-12-7-4-8-13-26/h3-17,20,32H,18-19,21-23H2,1-2H3. The molecule has 4 aromatic rings. The molecule has 0 fully saturated rings. The molecule has 0 aromatic heterocycles. The second-order valence-corrected chi connectivity index (χ2v) is 8.41. The maximum Gasteiger partial charge on any atom is 0.165 e. The van der Waals surface area contributed by atoms with Gasteiger partial charge in [0.1, 0.15) is 13.2 Å². The SMILES string of the molecule is COc1cc(CCNCc2cccc(OCc3ccccc3)c2OC)ccc1OCc1ccccc1. The first kappa shape index (κ1) is 25.1. The third kappa shape index (κ3) is 7.03. The number of rotatable bonds is 13. The van der Waals surface area contributed by atoms with Gasteiger partial charge in [-0.25, -0.2) is 0 Å². The lowest BCUT2D eigenvalue weighted by atomic mass is 10.1. The summed E-state index contributed by atoms with van der Waals surface area (Å²) in [6.07, 6.45) is 0.863. The zero-order valence-electron chi connectivity index (χ0n) is 20.9. The fourth-order valence-corrected chi connectivity index (χ4v) is 3.96. The quantitative estimate of drug-likeness (QED) is 0.230. The third-order valence-electron chi connectivity index (χ3n) is 5.87. The fraction of sp³-hybridized carbons (Fsp3) is 0.226. The number of hydrogen-bond acceptors (Lipinski definition) is 5. The molecule has 0 aliphatic rings. The molecule has 0 bridgehead atoms. The van der Waals surface area contributed by atoms with E-state index in [9.17, 15) is 0 Å². The summed E-state index contributed by atoms with van der Waals surface area (Å²) in [6.45, 7) is 2.50. The molecule has 0 unspecified atom stereocenters. The van der Waals surface area contributed by atoms with Crippen molar-refractivity contribution in [2.24, 2.45) is 0 Å². The summed E-state index contributed by atoms with van der Waals surface area (Å²) in [5, 5.41) is 3.52. The van der Waals surface area contributed by atoms with Gasteiger partial charge in [0.2, 0.25) is 0 Å². The second kappa shape index (κ2) is 13.2. The van der Waals surface area contributed by atoms with Crippen molar-refractivity contribution in [1.82, 2.24) is 5.32 Å². The van der Waals surface area contributed by atoms with Gasteiger partial charge in [-0.3, -0.25) is 0 Å². The van der Waals surface area contributed by atoms with E-state index in [1.807, 2.05) is 72.8 Å². The van der Waals surface area contributed by atoms with Crippen LogP contribution in [0.15, 0.2) is 97.1 Å². The zero-order valence-corrected chi connectivity index (χ0v) is 20.9. The van der Waals surface area contributed by atoms with Crippen LogP contribution < -0.4 is 24.3 Å². The molecule has 0 heterocycles. The fourth-order valence-electron chi connectivity index (χ4n) is 3.96. The lowest BCUT2D eigenvalue weighted by Gasteiger charge is -2.15. The zero-order chi connectivity index (χ0) is 25.0. The molecule has 4 rings (SSSR count). The molecule has 0 amide bonds. The molecule has 0 saturated heterocycles. The summed E-state index contributed by atoms with van der Waals surface area (Å²) in [4.78, 5) is 0. The first-order valence-corrected chi connectivity index (χ1v) is 12.1. The highest BCUT2D eigenvalue weighted by Gasteiger charge is 2.11. The lowest BCUT2D eigenvalue weighted by molar-refractivity contribution is 0.283. The van der Waals surface area contributed by atoms with E-state index < -0.39 is 0 Å². The Morgan fingerprint density at radius 2 is 1.25 bits per heavy atom. The Morgan fingerprint density at radius 3 is 1.89 bits per heavy atom. The van der Waals surface area contributed by atoms with Crippen LogP contribution in [0, 0.1) is 0 Å². The van der Waals surface area contributed by atoms with Gasteiger partial charge in [-0.2, -0.15) is 0 Å². The number of nitrogens with one attached hydrogen (secondary N) is 1. The van der Waals surface area contributed by atoms with Gasteiger partial charge in [0.05, 0.1) is 14.2 Å². The van der Waals surface area contributed by atoms with Crippen LogP contribution in [-0.2, 0) is 26.2 Å². The Balaban J connectivity index is 1.29. The van der Waals surface area contributed by atoms with Gasteiger partial charge in [-0.05, 0) is 47.9 Å². The minimum absolute atomic E-state index is 0.501. The normalized spacial score (nSPS) is 10.6. The van der Waals surface area contributed by atoms with Crippen LogP contribution in [0.4, 0.5) is 0 Å². The van der Waals surface area contributed by atoms with Crippen molar-refractivity contribution < 1.29 is 18.9 Å². The molecular formula is C31H33NO4. The summed E-state index contributed by atoms with van der Waals surface area (Å²) in [7, 11) is 3.35. The molecule has 36 heavy (non-hydrogen) atoms. The van der Waals surface area contributed by atoms with Crippen molar-refractivity contribution in [2.45, 2.75) is 26.2 Å². The molecule has 0 atom stereocenters. The third-order valence-corrected chi connectivity index (χ3v) is 5.87. The summed E-state index contributed by atoms with van der Waals surface area (Å²) >= 11 is 0. The summed E-state index contributed by atoms with van der Waals surface area (Å²) in [5.74, 6) is 3.00. The maximum absolute atomic E-state index is 6.04. The smallest absolute Gasteiger partial charge is 0.165 e. The summed E-state index contributed by atoms with van der Waals surface area (Å²) in [5.41, 5.74) is 4.48. The largest absolute Gasteiger partial charge is 0.493 e.